The van der Waals surface area contributed by atoms with Gasteiger partial charge in [-0.3, -0.25) is 14.6 Å². The van der Waals surface area contributed by atoms with E-state index >= 15 is 0 Å². The fourth-order valence-electron chi connectivity index (χ4n) is 2.50. The van der Waals surface area contributed by atoms with Crippen molar-refractivity contribution >= 4 is 28.4 Å². The summed E-state index contributed by atoms with van der Waals surface area (Å²) in [5.74, 6) is 0.316. The summed E-state index contributed by atoms with van der Waals surface area (Å²) in [4.78, 5) is 30.9. The largest absolute Gasteiger partial charge is 0.495 e. The first-order valence-corrected chi connectivity index (χ1v) is 8.04. The number of nitrogens with one attached hydrogen (secondary N) is 2. The van der Waals surface area contributed by atoms with Crippen LogP contribution >= 0.6 is 11.6 Å². The highest BCUT2D eigenvalue weighted by Gasteiger charge is 2.09. The molecule has 0 saturated carbocycles. The lowest BCUT2D eigenvalue weighted by Crippen LogP contribution is -2.27. The molecule has 0 bridgehead atoms. The number of pyridine rings is 2. The molecule has 0 aliphatic heterocycles. The summed E-state index contributed by atoms with van der Waals surface area (Å²) < 4.78 is 5.20. The molecular weight excluding hydrogens is 342 g/mol. The van der Waals surface area contributed by atoms with E-state index < -0.39 is 0 Å². The van der Waals surface area contributed by atoms with Gasteiger partial charge in [0.1, 0.15) is 5.75 Å². The molecule has 1 aromatic carbocycles. The highest BCUT2D eigenvalue weighted by atomic mass is 35.5. The lowest BCUT2D eigenvalue weighted by atomic mass is 10.1. The molecule has 25 heavy (non-hydrogen) atoms. The third-order valence-corrected chi connectivity index (χ3v) is 4.09. The molecule has 0 fully saturated rings. The van der Waals surface area contributed by atoms with Crippen molar-refractivity contribution in [3.05, 3.63) is 69.2 Å². The number of nitrogens with zero attached hydrogens (tertiary/aromatic N) is 1. The Hall–Kier alpha value is -2.86. The van der Waals surface area contributed by atoms with Crippen LogP contribution in [0.5, 0.6) is 5.75 Å². The fraction of sp³-hybridized carbons (Fsp3) is 0.167. The molecule has 0 radical (unpaired) electrons. The lowest BCUT2D eigenvalue weighted by Gasteiger charge is -2.08. The first kappa shape index (κ1) is 17.0. The highest BCUT2D eigenvalue weighted by Crippen LogP contribution is 2.28. The van der Waals surface area contributed by atoms with Gasteiger partial charge < -0.3 is 15.0 Å². The van der Waals surface area contributed by atoms with E-state index in [1.165, 1.54) is 13.3 Å². The number of amides is 1. The molecule has 2 aromatic heterocycles. The second kappa shape index (κ2) is 7.36. The molecule has 6 nitrogen and oxygen atoms in total. The number of aromatic amines is 1. The number of ether oxygens (including phenoxy) is 1. The van der Waals surface area contributed by atoms with E-state index in [1.807, 2.05) is 0 Å². The maximum Gasteiger partial charge on any atom is 0.252 e. The number of carbonyl (C=O) groups is 1. The molecule has 3 aromatic rings. The van der Waals surface area contributed by atoms with Crippen LogP contribution in [0.2, 0.25) is 5.02 Å². The summed E-state index contributed by atoms with van der Waals surface area (Å²) in [6, 6.07) is 8.59. The smallest absolute Gasteiger partial charge is 0.252 e. The van der Waals surface area contributed by atoms with E-state index in [1.54, 1.807) is 36.5 Å². The predicted molar refractivity (Wildman–Crippen MR) is 96.4 cm³/mol. The van der Waals surface area contributed by atoms with Crippen molar-refractivity contribution in [3.63, 3.8) is 0 Å². The number of methoxy groups -OCH3 is 1. The Morgan fingerprint density at radius 2 is 2.20 bits per heavy atom. The van der Waals surface area contributed by atoms with Crippen LogP contribution in [-0.2, 0) is 6.42 Å². The zero-order valence-corrected chi connectivity index (χ0v) is 14.3. The maximum atomic E-state index is 12.2. The van der Waals surface area contributed by atoms with Crippen molar-refractivity contribution in [2.45, 2.75) is 6.42 Å². The van der Waals surface area contributed by atoms with Crippen LogP contribution in [-0.4, -0.2) is 29.5 Å². The van der Waals surface area contributed by atoms with Crippen molar-refractivity contribution in [3.8, 4) is 5.75 Å². The molecule has 0 unspecified atom stereocenters. The van der Waals surface area contributed by atoms with Crippen molar-refractivity contribution in [2.24, 2.45) is 0 Å². The Morgan fingerprint density at radius 3 is 2.92 bits per heavy atom. The van der Waals surface area contributed by atoms with Gasteiger partial charge in [0.05, 0.1) is 23.2 Å². The van der Waals surface area contributed by atoms with Crippen molar-refractivity contribution in [1.82, 2.24) is 15.3 Å². The van der Waals surface area contributed by atoms with E-state index in [0.717, 1.165) is 5.39 Å². The Balaban J connectivity index is 1.75. The topological polar surface area (TPSA) is 84.1 Å². The van der Waals surface area contributed by atoms with Gasteiger partial charge in [0.15, 0.2) is 0 Å². The van der Waals surface area contributed by atoms with E-state index in [4.69, 9.17) is 16.3 Å². The zero-order chi connectivity index (χ0) is 17.8. The van der Waals surface area contributed by atoms with E-state index in [-0.39, 0.29) is 11.5 Å². The quantitative estimate of drug-likeness (QED) is 0.735. The molecule has 0 spiro atoms. The Morgan fingerprint density at radius 1 is 1.36 bits per heavy atom. The van der Waals surface area contributed by atoms with E-state index in [9.17, 15) is 9.59 Å². The van der Waals surface area contributed by atoms with E-state index in [2.05, 4.69) is 15.3 Å². The maximum absolute atomic E-state index is 12.2. The highest BCUT2D eigenvalue weighted by molar-refractivity contribution is 6.32. The number of hydrogen-bond donors (Lipinski definition) is 2. The standard InChI is InChI=1S/C18H16ClN3O3/c1-25-16-8-13-7-11(18(24)22-15(13)9-14(16)19)4-6-21-17(23)12-3-2-5-20-10-12/h2-3,5,7-10H,4,6H2,1H3,(H,21,23)(H,22,24). The number of carbonyl (C=O) groups excluding carboxylic acids is 1. The Bertz CT molecular complexity index is 970. The van der Waals surface area contributed by atoms with Gasteiger partial charge in [-0.25, -0.2) is 0 Å². The lowest BCUT2D eigenvalue weighted by molar-refractivity contribution is 0.0953. The summed E-state index contributed by atoms with van der Waals surface area (Å²) in [6.07, 6.45) is 3.50. The average Bonchev–Trinajstić information content (AvgIpc) is 2.62. The van der Waals surface area contributed by atoms with Gasteiger partial charge in [0.2, 0.25) is 0 Å². The number of benzene rings is 1. The summed E-state index contributed by atoms with van der Waals surface area (Å²) in [5, 5.41) is 4.02. The second-order valence-electron chi connectivity index (χ2n) is 5.45. The van der Waals surface area contributed by atoms with Gasteiger partial charge in [0.25, 0.3) is 11.5 Å². The van der Waals surface area contributed by atoms with Gasteiger partial charge in [-0.15, -0.1) is 0 Å². The number of aromatic nitrogens is 2. The van der Waals surface area contributed by atoms with E-state index in [0.29, 0.717) is 40.4 Å². The Kier molecular flexibility index (Phi) is 5.00. The summed E-state index contributed by atoms with van der Waals surface area (Å²) >= 11 is 6.07. The normalized spacial score (nSPS) is 10.6. The number of hydrogen-bond acceptors (Lipinski definition) is 4. The first-order chi connectivity index (χ1) is 12.1. The molecule has 128 valence electrons. The van der Waals surface area contributed by atoms with Crippen LogP contribution in [0.1, 0.15) is 15.9 Å². The molecule has 2 N–H and O–H groups in total. The van der Waals surface area contributed by atoms with Gasteiger partial charge >= 0.3 is 0 Å². The van der Waals surface area contributed by atoms with Gasteiger partial charge in [-0.2, -0.15) is 0 Å². The second-order valence-corrected chi connectivity index (χ2v) is 5.85. The fourth-order valence-corrected chi connectivity index (χ4v) is 2.75. The van der Waals surface area contributed by atoms with Crippen LogP contribution in [0.25, 0.3) is 10.9 Å². The molecule has 0 saturated heterocycles. The molecule has 0 atom stereocenters. The Labute approximate surface area is 148 Å². The zero-order valence-electron chi connectivity index (χ0n) is 13.5. The number of halogens is 1. The monoisotopic (exact) mass is 357 g/mol. The predicted octanol–water partition coefficient (Wildman–Crippen LogP) is 2.56. The first-order valence-electron chi connectivity index (χ1n) is 7.66. The third kappa shape index (κ3) is 3.80. The summed E-state index contributed by atoms with van der Waals surface area (Å²) in [6.45, 7) is 0.340. The van der Waals surface area contributed by atoms with Crippen molar-refractivity contribution in [2.75, 3.05) is 13.7 Å². The summed E-state index contributed by atoms with van der Waals surface area (Å²) in [7, 11) is 1.54. The van der Waals surface area contributed by atoms with Crippen molar-refractivity contribution < 1.29 is 9.53 Å². The van der Waals surface area contributed by atoms with Gasteiger partial charge in [0, 0.05) is 29.9 Å². The third-order valence-electron chi connectivity index (χ3n) is 3.80. The SMILES string of the molecule is COc1cc2cc(CCNC(=O)c3cccnc3)c(=O)[nH]c2cc1Cl. The average molecular weight is 358 g/mol. The minimum atomic E-state index is -0.223. The molecule has 3 rings (SSSR count). The van der Waals surface area contributed by atoms with Gasteiger partial charge in [-0.1, -0.05) is 11.6 Å². The van der Waals surface area contributed by atoms with Crippen LogP contribution in [0.15, 0.2) is 47.5 Å². The number of rotatable bonds is 5. The molecule has 2 heterocycles. The number of fused-ring (bicyclic) bond motifs is 1. The molecule has 7 heteroatoms. The molecule has 1 amide bonds. The van der Waals surface area contributed by atoms with Crippen LogP contribution in [0, 0.1) is 0 Å². The minimum Gasteiger partial charge on any atom is -0.495 e. The summed E-state index contributed by atoms with van der Waals surface area (Å²) in [5.41, 5.74) is 1.49. The molecule has 0 aliphatic rings. The molecule has 0 aliphatic carbocycles. The number of H-pyrrole nitrogens is 1. The van der Waals surface area contributed by atoms with Gasteiger partial charge in [-0.05, 0) is 36.8 Å². The van der Waals surface area contributed by atoms with Crippen LogP contribution in [0.4, 0.5) is 0 Å². The van der Waals surface area contributed by atoms with Crippen LogP contribution in [0.3, 0.4) is 0 Å². The molecular formula is C18H16ClN3O3. The van der Waals surface area contributed by atoms with Crippen LogP contribution < -0.4 is 15.6 Å². The van der Waals surface area contributed by atoms with Crippen molar-refractivity contribution in [1.29, 1.82) is 0 Å². The minimum absolute atomic E-state index is 0.204.